The third kappa shape index (κ3) is 5.46. The third-order valence-electron chi connectivity index (χ3n) is 4.80. The van der Waals surface area contributed by atoms with Crippen LogP contribution in [0.5, 0.6) is 0 Å². The van der Waals surface area contributed by atoms with Crippen LogP contribution in [-0.2, 0) is 21.4 Å². The fourth-order valence-electron chi connectivity index (χ4n) is 3.29. The predicted molar refractivity (Wildman–Crippen MR) is 121 cm³/mol. The quantitative estimate of drug-likeness (QED) is 0.620. The fourth-order valence-corrected chi connectivity index (χ4v) is 5.38. The molecule has 1 saturated heterocycles. The second kappa shape index (κ2) is 9.85. The maximum absolute atomic E-state index is 12.8. The summed E-state index contributed by atoms with van der Waals surface area (Å²) in [7, 11) is -1.83. The Kier molecular flexibility index (Phi) is 7.66. The fraction of sp³-hybridized carbons (Fsp3) is 0.350. The number of sulfonamides is 1. The van der Waals surface area contributed by atoms with Crippen LogP contribution >= 0.6 is 34.8 Å². The Hall–Kier alpha value is -1.35. The van der Waals surface area contributed by atoms with E-state index in [2.05, 4.69) is 5.32 Å². The summed E-state index contributed by atoms with van der Waals surface area (Å²) >= 11 is 18.4. The number of rotatable bonds is 7. The lowest BCUT2D eigenvalue weighted by Crippen LogP contribution is -2.30. The van der Waals surface area contributed by atoms with Gasteiger partial charge in [-0.05, 0) is 49.7 Å². The van der Waals surface area contributed by atoms with E-state index in [0.29, 0.717) is 29.7 Å². The van der Waals surface area contributed by atoms with Crippen LogP contribution in [0, 0.1) is 0 Å². The lowest BCUT2D eigenvalue weighted by Gasteiger charge is -2.19. The van der Waals surface area contributed by atoms with Crippen LogP contribution in [0.2, 0.25) is 15.1 Å². The van der Waals surface area contributed by atoms with Gasteiger partial charge < -0.3 is 5.32 Å². The van der Waals surface area contributed by atoms with Crippen molar-refractivity contribution in [3.63, 3.8) is 0 Å². The van der Waals surface area contributed by atoms with Gasteiger partial charge >= 0.3 is 0 Å². The zero-order chi connectivity index (χ0) is 21.9. The first-order valence-electron chi connectivity index (χ1n) is 9.39. The molecule has 0 aliphatic carbocycles. The van der Waals surface area contributed by atoms with E-state index in [9.17, 15) is 13.2 Å². The Balaban J connectivity index is 1.68. The highest BCUT2D eigenvalue weighted by molar-refractivity contribution is 7.89. The molecule has 1 amide bonds. The van der Waals surface area contributed by atoms with Crippen molar-refractivity contribution in [3.05, 3.63) is 57.0 Å². The number of hydrogen-bond acceptors (Lipinski definition) is 4. The van der Waals surface area contributed by atoms with Crippen LogP contribution in [0.3, 0.4) is 0 Å². The first kappa shape index (κ1) is 23.3. The Morgan fingerprint density at radius 1 is 1.10 bits per heavy atom. The summed E-state index contributed by atoms with van der Waals surface area (Å²) in [4.78, 5) is 14.4. The molecule has 10 heteroatoms. The minimum absolute atomic E-state index is 0.0578. The van der Waals surface area contributed by atoms with E-state index in [0.717, 1.165) is 18.4 Å². The summed E-state index contributed by atoms with van der Waals surface area (Å²) < 4.78 is 27.0. The van der Waals surface area contributed by atoms with Gasteiger partial charge in [0.25, 0.3) is 0 Å². The van der Waals surface area contributed by atoms with Gasteiger partial charge in [-0.15, -0.1) is 0 Å². The number of hydrogen-bond donors (Lipinski definition) is 1. The van der Waals surface area contributed by atoms with Crippen molar-refractivity contribution in [2.24, 2.45) is 0 Å². The van der Waals surface area contributed by atoms with E-state index in [1.807, 2.05) is 6.07 Å². The van der Waals surface area contributed by atoms with E-state index >= 15 is 0 Å². The number of amides is 1. The summed E-state index contributed by atoms with van der Waals surface area (Å²) in [5.74, 6) is -0.326. The van der Waals surface area contributed by atoms with Gasteiger partial charge in [0.15, 0.2) is 0 Å². The third-order valence-corrected chi connectivity index (χ3v) is 7.88. The van der Waals surface area contributed by atoms with Crippen LogP contribution in [0.15, 0.2) is 41.3 Å². The minimum atomic E-state index is -3.60. The largest absolute Gasteiger partial charge is 0.324 e. The Morgan fingerprint density at radius 3 is 2.50 bits per heavy atom. The summed E-state index contributed by atoms with van der Waals surface area (Å²) in [6.45, 7) is 1.49. The molecular weight excluding hydrogens is 469 g/mol. The van der Waals surface area contributed by atoms with Gasteiger partial charge in [-0.1, -0.05) is 46.9 Å². The van der Waals surface area contributed by atoms with Crippen molar-refractivity contribution >= 4 is 56.4 Å². The van der Waals surface area contributed by atoms with E-state index < -0.39 is 10.0 Å². The lowest BCUT2D eigenvalue weighted by molar-refractivity contribution is -0.117. The standard InChI is InChI=1S/C20H22Cl3N3O3S/c1-25(12-14-5-4-6-17(22)20(14)23)13-19(27)24-18-11-15(7-8-16(18)21)30(28,29)26-9-2-3-10-26/h4-8,11H,2-3,9-10,12-13H2,1H3,(H,24,27). The molecule has 0 saturated carbocycles. The summed E-state index contributed by atoms with van der Waals surface area (Å²) in [6, 6.07) is 9.68. The summed E-state index contributed by atoms with van der Waals surface area (Å²) in [5.41, 5.74) is 1.06. The predicted octanol–water partition coefficient (Wildman–Crippen LogP) is 4.50. The lowest BCUT2D eigenvalue weighted by atomic mass is 10.2. The van der Waals surface area contributed by atoms with Crippen molar-refractivity contribution in [1.29, 1.82) is 0 Å². The normalized spacial score (nSPS) is 15.0. The number of nitrogens with one attached hydrogen (secondary N) is 1. The molecule has 162 valence electrons. The maximum Gasteiger partial charge on any atom is 0.243 e. The molecule has 0 radical (unpaired) electrons. The van der Waals surface area contributed by atoms with Gasteiger partial charge in [-0.25, -0.2) is 8.42 Å². The van der Waals surface area contributed by atoms with Crippen molar-refractivity contribution in [2.75, 3.05) is 32.0 Å². The second-order valence-corrected chi connectivity index (χ2v) is 10.3. The molecule has 0 atom stereocenters. The van der Waals surface area contributed by atoms with Crippen LogP contribution in [0.25, 0.3) is 0 Å². The molecule has 2 aromatic rings. The number of carbonyl (C=O) groups excluding carboxylic acids is 1. The van der Waals surface area contributed by atoms with Crippen molar-refractivity contribution in [2.45, 2.75) is 24.3 Å². The van der Waals surface area contributed by atoms with Crippen LogP contribution in [0.1, 0.15) is 18.4 Å². The Labute approximate surface area is 191 Å². The number of anilines is 1. The van der Waals surface area contributed by atoms with Crippen LogP contribution < -0.4 is 5.32 Å². The summed E-state index contributed by atoms with van der Waals surface area (Å²) in [5, 5.41) is 3.88. The molecule has 0 unspecified atom stereocenters. The van der Waals surface area contributed by atoms with Crippen LogP contribution in [-0.4, -0.2) is 50.2 Å². The van der Waals surface area contributed by atoms with Gasteiger partial charge in [0, 0.05) is 19.6 Å². The molecule has 30 heavy (non-hydrogen) atoms. The highest BCUT2D eigenvalue weighted by Gasteiger charge is 2.27. The average Bonchev–Trinajstić information content (AvgIpc) is 3.22. The summed E-state index contributed by atoms with van der Waals surface area (Å²) in [6.07, 6.45) is 1.69. The molecule has 1 N–H and O–H groups in total. The minimum Gasteiger partial charge on any atom is -0.324 e. The van der Waals surface area contributed by atoms with E-state index in [-0.39, 0.29) is 28.1 Å². The highest BCUT2D eigenvalue weighted by Crippen LogP contribution is 2.29. The van der Waals surface area contributed by atoms with E-state index in [1.165, 1.54) is 22.5 Å². The molecular formula is C20H22Cl3N3O3S. The van der Waals surface area contributed by atoms with Gasteiger partial charge in [-0.2, -0.15) is 4.31 Å². The van der Waals surface area contributed by atoms with E-state index in [1.54, 1.807) is 24.1 Å². The topological polar surface area (TPSA) is 69.7 Å². The Morgan fingerprint density at radius 2 is 1.80 bits per heavy atom. The first-order chi connectivity index (χ1) is 14.2. The molecule has 3 rings (SSSR count). The van der Waals surface area contributed by atoms with Crippen LogP contribution in [0.4, 0.5) is 5.69 Å². The second-order valence-electron chi connectivity index (χ2n) is 7.19. The number of nitrogens with zero attached hydrogens (tertiary/aromatic N) is 2. The smallest absolute Gasteiger partial charge is 0.243 e. The van der Waals surface area contributed by atoms with Crippen molar-refractivity contribution < 1.29 is 13.2 Å². The molecule has 1 heterocycles. The first-order valence-corrected chi connectivity index (χ1v) is 12.0. The Bertz CT molecular complexity index is 1040. The SMILES string of the molecule is CN(CC(=O)Nc1cc(S(=O)(=O)N2CCCC2)ccc1Cl)Cc1cccc(Cl)c1Cl. The number of benzene rings is 2. The van der Waals surface area contributed by atoms with Crippen molar-refractivity contribution in [1.82, 2.24) is 9.21 Å². The van der Waals surface area contributed by atoms with Gasteiger partial charge in [0.05, 0.1) is 32.2 Å². The molecule has 0 bridgehead atoms. The van der Waals surface area contributed by atoms with E-state index in [4.69, 9.17) is 34.8 Å². The molecule has 6 nitrogen and oxygen atoms in total. The average molecular weight is 491 g/mol. The number of likely N-dealkylation sites (N-methyl/N-ethyl adjacent to an activating group) is 1. The molecule has 0 aromatic heterocycles. The zero-order valence-electron chi connectivity index (χ0n) is 16.4. The number of halogens is 3. The highest BCUT2D eigenvalue weighted by atomic mass is 35.5. The maximum atomic E-state index is 12.8. The molecule has 0 spiro atoms. The van der Waals surface area contributed by atoms with Gasteiger partial charge in [0.1, 0.15) is 0 Å². The molecule has 1 aliphatic heterocycles. The van der Waals surface area contributed by atoms with Gasteiger partial charge in [-0.3, -0.25) is 9.69 Å². The molecule has 2 aromatic carbocycles. The molecule has 1 fully saturated rings. The molecule has 1 aliphatic rings. The monoisotopic (exact) mass is 489 g/mol. The number of carbonyl (C=O) groups is 1. The van der Waals surface area contributed by atoms with Crippen molar-refractivity contribution in [3.8, 4) is 0 Å². The van der Waals surface area contributed by atoms with Gasteiger partial charge in [0.2, 0.25) is 15.9 Å². The zero-order valence-corrected chi connectivity index (χ0v) is 19.5.